The molecule has 48 heavy (non-hydrogen) atoms. The van der Waals surface area contributed by atoms with Crippen molar-refractivity contribution >= 4 is 50.4 Å². The first-order valence-electron chi connectivity index (χ1n) is 15.7. The first-order valence-corrected chi connectivity index (χ1v) is 16.5. The van der Waals surface area contributed by atoms with Gasteiger partial charge in [0.05, 0.1) is 42.6 Å². The van der Waals surface area contributed by atoms with Crippen LogP contribution in [0.15, 0.2) is 138 Å². The summed E-state index contributed by atoms with van der Waals surface area (Å²) in [7, 11) is 3.22. The normalized spacial score (nSPS) is 24.3. The van der Waals surface area contributed by atoms with Gasteiger partial charge in [-0.25, -0.2) is 4.90 Å². The summed E-state index contributed by atoms with van der Waals surface area (Å²) < 4.78 is 11.8. The molecule has 0 N–H and O–H groups in total. The number of amides is 2. The maximum absolute atomic E-state index is 16.0. The number of hydrogen-bond acceptors (Lipinski definition) is 5. The number of imide groups is 1. The second-order valence-corrected chi connectivity index (χ2v) is 13.2. The third-order valence-electron chi connectivity index (χ3n) is 10.3. The Kier molecular flexibility index (Phi) is 7.00. The van der Waals surface area contributed by atoms with E-state index in [2.05, 4.69) is 15.9 Å². The first-order chi connectivity index (χ1) is 23.4. The van der Waals surface area contributed by atoms with Gasteiger partial charge in [-0.3, -0.25) is 14.4 Å². The van der Waals surface area contributed by atoms with Crippen molar-refractivity contribution in [1.82, 2.24) is 0 Å². The van der Waals surface area contributed by atoms with E-state index in [0.717, 1.165) is 15.6 Å². The second-order valence-electron chi connectivity index (χ2n) is 12.3. The Hall–Kier alpha value is -5.27. The number of fused-ring (bicyclic) bond motifs is 5. The van der Waals surface area contributed by atoms with Gasteiger partial charge in [-0.05, 0) is 75.9 Å². The molecule has 0 radical (unpaired) electrons. The average Bonchev–Trinajstić information content (AvgIpc) is 3.64. The summed E-state index contributed by atoms with van der Waals surface area (Å²) in [5.74, 6) is -1.63. The molecule has 1 aliphatic heterocycles. The van der Waals surface area contributed by atoms with Crippen molar-refractivity contribution in [2.75, 3.05) is 19.1 Å². The van der Waals surface area contributed by atoms with Crippen LogP contribution in [-0.2, 0) is 25.2 Å². The Balaban J connectivity index is 1.55. The molecule has 5 aromatic carbocycles. The fraction of sp³-hybridized carbons (Fsp3) is 0.146. The highest BCUT2D eigenvalue weighted by Gasteiger charge is 2.82. The lowest BCUT2D eigenvalue weighted by atomic mass is 9.59. The lowest BCUT2D eigenvalue weighted by Gasteiger charge is -2.39. The summed E-state index contributed by atoms with van der Waals surface area (Å²) in [5, 5.41) is 0. The molecule has 7 heteroatoms. The minimum atomic E-state index is -1.49. The molecule has 3 aliphatic rings. The van der Waals surface area contributed by atoms with Gasteiger partial charge in [-0.2, -0.15) is 0 Å². The van der Waals surface area contributed by atoms with E-state index in [-0.39, 0.29) is 5.78 Å². The lowest BCUT2D eigenvalue weighted by Crippen LogP contribution is -2.45. The summed E-state index contributed by atoms with van der Waals surface area (Å²) in [6, 6.07) is 41.4. The van der Waals surface area contributed by atoms with Crippen LogP contribution in [0.4, 0.5) is 5.69 Å². The molecule has 0 spiro atoms. The number of ketones is 1. The number of benzene rings is 5. The zero-order chi connectivity index (χ0) is 33.2. The van der Waals surface area contributed by atoms with Crippen LogP contribution in [0.5, 0.6) is 11.5 Å². The van der Waals surface area contributed by atoms with E-state index in [9.17, 15) is 0 Å². The highest BCUT2D eigenvalue weighted by molar-refractivity contribution is 9.10. The number of hydrogen-bond donors (Lipinski definition) is 0. The molecule has 2 amide bonds. The number of ether oxygens (including phenoxy) is 2. The van der Waals surface area contributed by atoms with E-state index >= 15 is 14.4 Å². The van der Waals surface area contributed by atoms with Gasteiger partial charge < -0.3 is 9.47 Å². The number of rotatable bonds is 7. The summed E-state index contributed by atoms with van der Waals surface area (Å²) in [6.45, 7) is 0. The van der Waals surface area contributed by atoms with Crippen LogP contribution >= 0.6 is 15.9 Å². The van der Waals surface area contributed by atoms with E-state index in [0.29, 0.717) is 39.5 Å². The van der Waals surface area contributed by atoms with Crippen LogP contribution in [0.2, 0.25) is 0 Å². The molecule has 1 saturated heterocycles. The van der Waals surface area contributed by atoms with Gasteiger partial charge in [0, 0.05) is 4.47 Å². The standard InChI is InChI=1S/C41H30BrNO5/c1-47-31-20-16-25(17-21-31)33-34(26-18-22-32(48-2)23-19-26)41(28-12-7-4-8-13-28)36-35(40(33,39(41)46)27-10-5-3-6-11-27)37(44)43(38(36)45)30-15-9-14-29(42)24-30/h3-24,35-36H,1-2H3/t35-,36-,40-,41-/m1/s1. The van der Waals surface area contributed by atoms with Gasteiger partial charge in [-0.1, -0.05) is 107 Å². The number of Topliss-reactive ketones (excluding diaryl/α,β-unsaturated/α-hetero) is 1. The SMILES string of the molecule is COc1ccc(C2=C(c3ccc(OC)cc3)[C@@]3(c4ccccc4)C(=O)[C@@]2(c2ccccc2)[C@H]2C(=O)N(c4cccc(Br)c4)C(=O)[C@@H]23)cc1. The van der Waals surface area contributed by atoms with Crippen molar-refractivity contribution in [2.45, 2.75) is 10.8 Å². The van der Waals surface area contributed by atoms with Gasteiger partial charge in [-0.15, -0.1) is 0 Å². The fourth-order valence-corrected chi connectivity index (χ4v) is 8.90. The van der Waals surface area contributed by atoms with Gasteiger partial charge in [0.1, 0.15) is 11.5 Å². The first kappa shape index (κ1) is 30.1. The fourth-order valence-electron chi connectivity index (χ4n) is 8.51. The predicted molar refractivity (Wildman–Crippen MR) is 188 cm³/mol. The van der Waals surface area contributed by atoms with Gasteiger partial charge >= 0.3 is 0 Å². The van der Waals surface area contributed by atoms with Crippen molar-refractivity contribution in [3.05, 3.63) is 160 Å². The van der Waals surface area contributed by atoms with E-state index in [1.165, 1.54) is 4.90 Å². The molecule has 2 aliphatic carbocycles. The quantitative estimate of drug-likeness (QED) is 0.164. The van der Waals surface area contributed by atoms with Crippen LogP contribution in [-0.4, -0.2) is 31.8 Å². The van der Waals surface area contributed by atoms with Crippen molar-refractivity contribution in [3.8, 4) is 11.5 Å². The molecule has 6 nitrogen and oxygen atoms in total. The van der Waals surface area contributed by atoms with E-state index in [1.807, 2.05) is 115 Å². The second kappa shape index (κ2) is 11.2. The average molecular weight is 697 g/mol. The largest absolute Gasteiger partial charge is 0.497 e. The molecule has 0 aromatic heterocycles. The van der Waals surface area contributed by atoms with E-state index < -0.39 is 34.5 Å². The van der Waals surface area contributed by atoms with Crippen LogP contribution < -0.4 is 14.4 Å². The van der Waals surface area contributed by atoms with Crippen LogP contribution in [0.25, 0.3) is 11.1 Å². The predicted octanol–water partition coefficient (Wildman–Crippen LogP) is 7.66. The molecule has 236 valence electrons. The maximum Gasteiger partial charge on any atom is 0.239 e. The number of halogens is 1. The number of allylic oxidation sites excluding steroid dienone is 2. The third-order valence-corrected chi connectivity index (χ3v) is 10.8. The summed E-state index contributed by atoms with van der Waals surface area (Å²) in [4.78, 5) is 47.5. The minimum absolute atomic E-state index is 0.172. The maximum atomic E-state index is 16.0. The summed E-state index contributed by atoms with van der Waals surface area (Å²) >= 11 is 3.52. The van der Waals surface area contributed by atoms with Gasteiger partial charge in [0.15, 0.2) is 5.78 Å². The Bertz CT molecular complexity index is 2000. The molecule has 5 aromatic rings. The molecule has 8 rings (SSSR count). The number of methoxy groups -OCH3 is 2. The molecule has 0 unspecified atom stereocenters. The molecular formula is C41H30BrNO5. The number of carbonyl (C=O) groups excluding carboxylic acids is 3. The van der Waals surface area contributed by atoms with E-state index in [1.54, 1.807) is 32.4 Å². The molecule has 2 bridgehead atoms. The molecule has 2 fully saturated rings. The molecule has 4 atom stereocenters. The highest BCUT2D eigenvalue weighted by atomic mass is 79.9. The van der Waals surface area contributed by atoms with E-state index in [4.69, 9.17) is 9.47 Å². The number of nitrogens with zero attached hydrogens (tertiary/aromatic N) is 1. The van der Waals surface area contributed by atoms with Crippen molar-refractivity contribution in [3.63, 3.8) is 0 Å². The smallest absolute Gasteiger partial charge is 0.239 e. The zero-order valence-corrected chi connectivity index (χ0v) is 27.8. The zero-order valence-electron chi connectivity index (χ0n) is 26.2. The van der Waals surface area contributed by atoms with Crippen LogP contribution in [0, 0.1) is 11.8 Å². The van der Waals surface area contributed by atoms with Gasteiger partial charge in [0.25, 0.3) is 0 Å². The lowest BCUT2D eigenvalue weighted by molar-refractivity contribution is -0.130. The number of carbonyl (C=O) groups is 3. The Morgan fingerprint density at radius 3 is 1.40 bits per heavy atom. The molecule has 1 heterocycles. The Morgan fingerprint density at radius 1 is 0.562 bits per heavy atom. The van der Waals surface area contributed by atoms with Crippen LogP contribution in [0.3, 0.4) is 0 Å². The van der Waals surface area contributed by atoms with Crippen molar-refractivity contribution in [2.24, 2.45) is 11.8 Å². The summed E-state index contributed by atoms with van der Waals surface area (Å²) in [6.07, 6.45) is 0. The van der Waals surface area contributed by atoms with Gasteiger partial charge in [0.2, 0.25) is 11.8 Å². The minimum Gasteiger partial charge on any atom is -0.497 e. The molecular weight excluding hydrogens is 666 g/mol. The Labute approximate surface area is 286 Å². The summed E-state index contributed by atoms with van der Waals surface area (Å²) in [5.41, 5.74) is 1.82. The third kappa shape index (κ3) is 3.88. The topological polar surface area (TPSA) is 72.9 Å². The number of anilines is 1. The molecule has 1 saturated carbocycles. The van der Waals surface area contributed by atoms with Crippen molar-refractivity contribution in [1.29, 1.82) is 0 Å². The Morgan fingerprint density at radius 2 is 1.00 bits per heavy atom. The monoisotopic (exact) mass is 695 g/mol. The highest BCUT2D eigenvalue weighted by Crippen LogP contribution is 2.74. The van der Waals surface area contributed by atoms with Crippen molar-refractivity contribution < 1.29 is 23.9 Å². The van der Waals surface area contributed by atoms with Crippen LogP contribution in [0.1, 0.15) is 22.3 Å².